The predicted octanol–water partition coefficient (Wildman–Crippen LogP) is 5.26. The minimum Gasteiger partial charge on any atom is -0.491 e. The summed E-state index contributed by atoms with van der Waals surface area (Å²) in [6, 6.07) is 2.86. The first-order valence-corrected chi connectivity index (χ1v) is 13.2. The van der Waals surface area contributed by atoms with E-state index in [1.165, 1.54) is 51.1 Å². The van der Waals surface area contributed by atoms with Crippen molar-refractivity contribution in [2.45, 2.75) is 25.7 Å². The number of aromatic nitrogens is 3. The average molecular weight is 573 g/mol. The number of hydrogen-bond donors (Lipinski definition) is 0. The van der Waals surface area contributed by atoms with E-state index in [-0.39, 0.29) is 27.1 Å². The molecule has 2 aliphatic rings. The predicted molar refractivity (Wildman–Crippen MR) is 143 cm³/mol. The minimum absolute atomic E-state index is 0.0124. The second-order valence-electron chi connectivity index (χ2n) is 9.35. The highest BCUT2D eigenvalue weighted by atomic mass is 35.5. The number of pyridine rings is 3. The van der Waals surface area contributed by atoms with Crippen LogP contribution >= 0.6 is 23.2 Å². The molecule has 3 aromatic heterocycles. The van der Waals surface area contributed by atoms with E-state index in [0.29, 0.717) is 48.0 Å². The fourth-order valence-electron chi connectivity index (χ4n) is 3.74. The van der Waals surface area contributed by atoms with Crippen LogP contribution in [0.4, 0.5) is 5.69 Å². The van der Waals surface area contributed by atoms with Gasteiger partial charge in [0.05, 0.1) is 55.6 Å². The lowest BCUT2D eigenvalue weighted by Gasteiger charge is -2.23. The van der Waals surface area contributed by atoms with Gasteiger partial charge in [-0.25, -0.2) is 14.9 Å². The molecule has 3 aromatic rings. The van der Waals surface area contributed by atoms with Crippen LogP contribution in [0.25, 0.3) is 0 Å². The molecule has 0 saturated heterocycles. The van der Waals surface area contributed by atoms with E-state index in [2.05, 4.69) is 15.0 Å². The molecule has 3 heterocycles. The monoisotopic (exact) mass is 572 g/mol. The Morgan fingerprint density at radius 1 is 0.769 bits per heavy atom. The maximum atomic E-state index is 13.9. The van der Waals surface area contributed by atoms with Crippen LogP contribution in [0.1, 0.15) is 46.7 Å². The molecule has 0 N–H and O–H groups in total. The van der Waals surface area contributed by atoms with Crippen LogP contribution < -0.4 is 23.8 Å². The van der Waals surface area contributed by atoms with E-state index in [1.54, 1.807) is 0 Å². The van der Waals surface area contributed by atoms with Gasteiger partial charge in [0.1, 0.15) is 11.4 Å². The Kier molecular flexibility index (Phi) is 8.04. The Bertz CT molecular complexity index is 1300. The van der Waals surface area contributed by atoms with Crippen molar-refractivity contribution < 1.29 is 28.5 Å². The lowest BCUT2D eigenvalue weighted by molar-refractivity contribution is 0.0891. The molecule has 39 heavy (non-hydrogen) atoms. The molecule has 0 unspecified atom stereocenters. The number of methoxy groups -OCH3 is 2. The highest BCUT2D eigenvalue weighted by molar-refractivity contribution is 6.42. The molecule has 0 aliphatic heterocycles. The topological polar surface area (TPSA) is 113 Å². The van der Waals surface area contributed by atoms with E-state index < -0.39 is 11.8 Å². The number of anilines is 1. The Hall–Kier alpha value is -3.63. The summed E-state index contributed by atoms with van der Waals surface area (Å²) in [7, 11) is 2.96. The third-order valence-corrected chi connectivity index (χ3v) is 6.90. The molecule has 5 rings (SSSR count). The van der Waals surface area contributed by atoms with E-state index in [1.807, 2.05) is 0 Å². The SMILES string of the molecule is COc1cnc(C(=O)N(C(=O)c2cc(OCC3CC3)c(OC)cn2)c2c(Cl)cncc2Cl)cc1OCC1CC1. The molecule has 2 saturated carbocycles. The molecule has 2 aliphatic carbocycles. The van der Waals surface area contributed by atoms with Crippen molar-refractivity contribution in [1.82, 2.24) is 15.0 Å². The number of halogens is 2. The lowest BCUT2D eigenvalue weighted by Crippen LogP contribution is -2.38. The van der Waals surface area contributed by atoms with E-state index in [4.69, 9.17) is 42.1 Å². The number of nitrogens with zero attached hydrogens (tertiary/aromatic N) is 4. The molecule has 10 nitrogen and oxygen atoms in total. The summed E-state index contributed by atoms with van der Waals surface area (Å²) < 4.78 is 22.5. The van der Waals surface area contributed by atoms with E-state index in [9.17, 15) is 9.59 Å². The van der Waals surface area contributed by atoms with E-state index in [0.717, 1.165) is 30.6 Å². The quantitative estimate of drug-likeness (QED) is 0.284. The van der Waals surface area contributed by atoms with Crippen LogP contribution in [-0.4, -0.2) is 54.2 Å². The zero-order valence-electron chi connectivity index (χ0n) is 21.4. The molecular formula is C27H26Cl2N4O6. The number of carbonyl (C=O) groups is 2. The maximum Gasteiger partial charge on any atom is 0.284 e. The van der Waals surface area contributed by atoms with Gasteiger partial charge in [0.2, 0.25) is 0 Å². The lowest BCUT2D eigenvalue weighted by atomic mass is 10.2. The third kappa shape index (κ3) is 6.17. The Morgan fingerprint density at radius 3 is 1.59 bits per heavy atom. The fourth-order valence-corrected chi connectivity index (χ4v) is 4.28. The number of ether oxygens (including phenoxy) is 4. The molecule has 0 aromatic carbocycles. The molecule has 12 heteroatoms. The normalized spacial score (nSPS) is 14.5. The summed E-state index contributed by atoms with van der Waals surface area (Å²) in [5.74, 6) is 0.720. The van der Waals surface area contributed by atoms with Crippen molar-refractivity contribution in [3.63, 3.8) is 0 Å². The molecule has 2 amide bonds. The van der Waals surface area contributed by atoms with Gasteiger partial charge in [0, 0.05) is 24.5 Å². The van der Waals surface area contributed by atoms with Crippen molar-refractivity contribution >= 4 is 40.7 Å². The van der Waals surface area contributed by atoms with Crippen LogP contribution in [0.3, 0.4) is 0 Å². The van der Waals surface area contributed by atoms with Crippen molar-refractivity contribution in [2.24, 2.45) is 11.8 Å². The summed E-state index contributed by atoms with van der Waals surface area (Å²) in [5.41, 5.74) is -0.227. The van der Waals surface area contributed by atoms with Gasteiger partial charge in [0.25, 0.3) is 11.8 Å². The van der Waals surface area contributed by atoms with Gasteiger partial charge >= 0.3 is 0 Å². The van der Waals surface area contributed by atoms with Gasteiger partial charge in [-0.1, -0.05) is 23.2 Å². The Labute approximate surface area is 235 Å². The number of hydrogen-bond acceptors (Lipinski definition) is 9. The first-order valence-electron chi connectivity index (χ1n) is 12.4. The summed E-state index contributed by atoms with van der Waals surface area (Å²) >= 11 is 12.8. The molecular weight excluding hydrogens is 547 g/mol. The van der Waals surface area contributed by atoms with Crippen LogP contribution in [0.2, 0.25) is 10.0 Å². The van der Waals surface area contributed by atoms with E-state index >= 15 is 0 Å². The smallest absolute Gasteiger partial charge is 0.284 e. The number of amides is 2. The standard InChI is InChI=1S/C27H26Cl2N4O6/c1-36-23-11-31-19(7-21(23)38-13-15-3-4-15)26(34)33(25-17(28)9-30-10-18(25)29)27(35)20-8-22(24(37-2)12-32-20)39-14-16-5-6-16/h7-12,15-16H,3-6,13-14H2,1-2H3. The van der Waals surface area contributed by atoms with Crippen molar-refractivity contribution in [3.05, 3.63) is 58.4 Å². The summed E-state index contributed by atoms with van der Waals surface area (Å²) in [4.78, 5) is 41.1. The van der Waals surface area contributed by atoms with Gasteiger partial charge in [-0.2, -0.15) is 0 Å². The summed E-state index contributed by atoms with van der Waals surface area (Å²) in [6.45, 7) is 0.968. The van der Waals surface area contributed by atoms with Crippen molar-refractivity contribution in [1.29, 1.82) is 0 Å². The molecule has 0 bridgehead atoms. The molecule has 0 radical (unpaired) electrons. The first-order chi connectivity index (χ1) is 18.9. The van der Waals surface area contributed by atoms with Crippen molar-refractivity contribution in [3.8, 4) is 23.0 Å². The van der Waals surface area contributed by atoms with Crippen LogP contribution in [0.15, 0.2) is 36.9 Å². The van der Waals surface area contributed by atoms with Crippen LogP contribution in [0, 0.1) is 11.8 Å². The summed E-state index contributed by atoms with van der Waals surface area (Å²) in [5, 5.41) is -0.0247. The van der Waals surface area contributed by atoms with Gasteiger partial charge in [-0.15, -0.1) is 0 Å². The maximum absolute atomic E-state index is 13.9. The molecule has 0 spiro atoms. The number of rotatable bonds is 11. The Morgan fingerprint density at radius 2 is 1.21 bits per heavy atom. The highest BCUT2D eigenvalue weighted by Gasteiger charge is 2.33. The minimum atomic E-state index is -0.799. The molecule has 204 valence electrons. The van der Waals surface area contributed by atoms with Gasteiger partial charge in [-0.3, -0.25) is 14.6 Å². The zero-order chi connectivity index (χ0) is 27.5. The highest BCUT2D eigenvalue weighted by Crippen LogP contribution is 2.37. The van der Waals surface area contributed by atoms with Gasteiger partial charge in [-0.05, 0) is 37.5 Å². The second-order valence-corrected chi connectivity index (χ2v) is 10.2. The first kappa shape index (κ1) is 27.0. The average Bonchev–Trinajstić information content (AvgIpc) is 3.87. The number of imide groups is 1. The third-order valence-electron chi connectivity index (χ3n) is 6.34. The van der Waals surface area contributed by atoms with Crippen LogP contribution in [0.5, 0.6) is 23.0 Å². The molecule has 0 atom stereocenters. The van der Waals surface area contributed by atoms with Gasteiger partial charge in [0.15, 0.2) is 23.0 Å². The van der Waals surface area contributed by atoms with Crippen LogP contribution in [-0.2, 0) is 0 Å². The van der Waals surface area contributed by atoms with Crippen molar-refractivity contribution in [2.75, 3.05) is 32.3 Å². The zero-order valence-corrected chi connectivity index (χ0v) is 22.9. The number of carbonyl (C=O) groups excluding carboxylic acids is 2. The molecule has 2 fully saturated rings. The van der Waals surface area contributed by atoms with Gasteiger partial charge < -0.3 is 18.9 Å². The largest absolute Gasteiger partial charge is 0.491 e. The summed E-state index contributed by atoms with van der Waals surface area (Å²) in [6.07, 6.45) is 9.64. The Balaban J connectivity index is 1.53. The second kappa shape index (κ2) is 11.6. The fraction of sp³-hybridized carbons (Fsp3) is 0.370.